The topological polar surface area (TPSA) is 50.9 Å². The molecule has 3 rings (SSSR count). The summed E-state index contributed by atoms with van der Waals surface area (Å²) >= 11 is 3.12. The maximum absolute atomic E-state index is 14.1. The van der Waals surface area contributed by atoms with Gasteiger partial charge in [-0.25, -0.2) is 9.07 Å². The highest BCUT2D eigenvalue weighted by Crippen LogP contribution is 2.28. The van der Waals surface area contributed by atoms with Crippen molar-refractivity contribution in [2.24, 2.45) is 0 Å². The number of aromatic nitrogens is 3. The second-order valence-corrected chi connectivity index (χ2v) is 5.31. The predicted octanol–water partition coefficient (Wildman–Crippen LogP) is 3.25. The van der Waals surface area contributed by atoms with Crippen LogP contribution in [0.4, 0.5) is 4.39 Å². The number of rotatable bonds is 3. The molecule has 1 heterocycles. The van der Waals surface area contributed by atoms with Crippen molar-refractivity contribution < 1.29 is 9.50 Å². The number of hydrogen-bond acceptors (Lipinski definition) is 3. The zero-order chi connectivity index (χ0) is 14.8. The molecule has 3 aromatic rings. The summed E-state index contributed by atoms with van der Waals surface area (Å²) in [6.45, 7) is 0. The molecule has 0 aliphatic carbocycles. The molecule has 0 aliphatic heterocycles. The van der Waals surface area contributed by atoms with E-state index in [0.717, 1.165) is 5.69 Å². The normalized spacial score (nSPS) is 12.3. The van der Waals surface area contributed by atoms with Gasteiger partial charge >= 0.3 is 0 Å². The van der Waals surface area contributed by atoms with Gasteiger partial charge in [0, 0.05) is 5.56 Å². The van der Waals surface area contributed by atoms with Crippen molar-refractivity contribution in [3.8, 4) is 5.69 Å². The monoisotopic (exact) mass is 347 g/mol. The third kappa shape index (κ3) is 2.59. The summed E-state index contributed by atoms with van der Waals surface area (Å²) in [6.07, 6.45) is 0.274. The molecule has 0 bridgehead atoms. The summed E-state index contributed by atoms with van der Waals surface area (Å²) in [7, 11) is 0. The Balaban J connectivity index is 2.06. The molecule has 1 unspecified atom stereocenters. The van der Waals surface area contributed by atoms with Crippen LogP contribution in [0.3, 0.4) is 0 Å². The first-order valence-corrected chi connectivity index (χ1v) is 7.06. The van der Waals surface area contributed by atoms with E-state index in [-0.39, 0.29) is 5.56 Å². The summed E-state index contributed by atoms with van der Waals surface area (Å²) < 4.78 is 15.9. The van der Waals surface area contributed by atoms with E-state index in [4.69, 9.17) is 0 Å². The molecule has 1 aromatic heterocycles. The third-order valence-corrected chi connectivity index (χ3v) is 3.75. The minimum Gasteiger partial charge on any atom is -0.382 e. The Hall–Kier alpha value is -2.05. The van der Waals surface area contributed by atoms with Crippen LogP contribution in [0.25, 0.3) is 5.69 Å². The number of nitrogens with zero attached hydrogens (tertiary/aromatic N) is 3. The average molecular weight is 348 g/mol. The van der Waals surface area contributed by atoms with Gasteiger partial charge in [-0.1, -0.05) is 35.5 Å². The van der Waals surface area contributed by atoms with Crippen molar-refractivity contribution in [2.75, 3.05) is 0 Å². The second-order valence-electron chi connectivity index (χ2n) is 4.45. The Bertz CT molecular complexity index is 761. The number of hydrogen-bond donors (Lipinski definition) is 1. The molecule has 1 N–H and O–H groups in total. The van der Waals surface area contributed by atoms with E-state index >= 15 is 0 Å². The summed E-state index contributed by atoms with van der Waals surface area (Å²) in [5.41, 5.74) is 1.32. The molecule has 21 heavy (non-hydrogen) atoms. The van der Waals surface area contributed by atoms with E-state index in [1.165, 1.54) is 16.9 Å². The van der Waals surface area contributed by atoms with Gasteiger partial charge in [-0.3, -0.25) is 0 Å². The molecule has 0 saturated carbocycles. The van der Waals surface area contributed by atoms with Crippen LogP contribution in [0.1, 0.15) is 17.4 Å². The van der Waals surface area contributed by atoms with Crippen LogP contribution in [-0.4, -0.2) is 20.1 Å². The fourth-order valence-corrected chi connectivity index (χ4v) is 2.47. The maximum atomic E-state index is 14.1. The van der Waals surface area contributed by atoms with Gasteiger partial charge in [0.15, 0.2) is 0 Å². The molecule has 0 amide bonds. The standard InChI is InChI=1S/C15H11BrFN3O/c16-12-8-4-7-11(14(12)17)15(21)13-9-18-19-20(13)10-5-2-1-3-6-10/h1-9,15,21H. The highest BCUT2D eigenvalue weighted by molar-refractivity contribution is 9.10. The maximum Gasteiger partial charge on any atom is 0.143 e. The van der Waals surface area contributed by atoms with Gasteiger partial charge < -0.3 is 5.11 Å². The molecule has 6 heteroatoms. The third-order valence-electron chi connectivity index (χ3n) is 3.13. The van der Waals surface area contributed by atoms with E-state index < -0.39 is 11.9 Å². The largest absolute Gasteiger partial charge is 0.382 e. The van der Waals surface area contributed by atoms with Gasteiger partial charge in [-0.2, -0.15) is 0 Å². The van der Waals surface area contributed by atoms with Crippen molar-refractivity contribution in [1.82, 2.24) is 15.0 Å². The Morgan fingerprint density at radius 1 is 1.10 bits per heavy atom. The van der Waals surface area contributed by atoms with Gasteiger partial charge in [-0.05, 0) is 34.1 Å². The molecule has 0 spiro atoms. The van der Waals surface area contributed by atoms with Gasteiger partial charge in [0.1, 0.15) is 11.9 Å². The first-order chi connectivity index (χ1) is 10.2. The Morgan fingerprint density at radius 3 is 2.62 bits per heavy atom. The van der Waals surface area contributed by atoms with Gasteiger partial charge in [0.2, 0.25) is 0 Å². The SMILES string of the molecule is OC(c1cccc(Br)c1F)c1cnnn1-c1ccccc1. The first-order valence-electron chi connectivity index (χ1n) is 6.26. The van der Waals surface area contributed by atoms with Crippen molar-refractivity contribution in [3.63, 3.8) is 0 Å². The minimum atomic E-state index is -1.15. The van der Waals surface area contributed by atoms with Gasteiger partial charge in [0.25, 0.3) is 0 Å². The Labute approximate surface area is 129 Å². The van der Waals surface area contributed by atoms with Crippen LogP contribution in [0.2, 0.25) is 0 Å². The Morgan fingerprint density at radius 2 is 1.86 bits per heavy atom. The molecule has 1 atom stereocenters. The smallest absolute Gasteiger partial charge is 0.143 e. The van der Waals surface area contributed by atoms with E-state index in [9.17, 15) is 9.50 Å². The van der Waals surface area contributed by atoms with Crippen molar-refractivity contribution in [1.29, 1.82) is 0 Å². The fourth-order valence-electron chi connectivity index (χ4n) is 2.09. The van der Waals surface area contributed by atoms with Crippen molar-refractivity contribution in [2.45, 2.75) is 6.10 Å². The number of aliphatic hydroxyl groups is 1. The van der Waals surface area contributed by atoms with Crippen LogP contribution in [-0.2, 0) is 0 Å². The van der Waals surface area contributed by atoms with Gasteiger partial charge in [-0.15, -0.1) is 5.10 Å². The zero-order valence-corrected chi connectivity index (χ0v) is 12.4. The lowest BCUT2D eigenvalue weighted by Crippen LogP contribution is -2.10. The Kier molecular flexibility index (Phi) is 3.81. The van der Waals surface area contributed by atoms with E-state index in [1.54, 1.807) is 12.1 Å². The first kappa shape index (κ1) is 13.9. The lowest BCUT2D eigenvalue weighted by molar-refractivity contribution is 0.206. The molecule has 0 radical (unpaired) electrons. The van der Waals surface area contributed by atoms with Crippen molar-refractivity contribution in [3.05, 3.63) is 76.3 Å². The van der Waals surface area contributed by atoms with Crippen LogP contribution < -0.4 is 0 Å². The summed E-state index contributed by atoms with van der Waals surface area (Å²) in [6, 6.07) is 14.0. The summed E-state index contributed by atoms with van der Waals surface area (Å²) in [5.74, 6) is -0.495. The summed E-state index contributed by atoms with van der Waals surface area (Å²) in [4.78, 5) is 0. The van der Waals surface area contributed by atoms with Gasteiger partial charge in [0.05, 0.1) is 22.1 Å². The number of para-hydroxylation sites is 1. The molecule has 4 nitrogen and oxygen atoms in total. The van der Waals surface area contributed by atoms with Crippen LogP contribution >= 0.6 is 15.9 Å². The zero-order valence-electron chi connectivity index (χ0n) is 10.8. The van der Waals surface area contributed by atoms with Crippen LogP contribution in [0.5, 0.6) is 0 Å². The lowest BCUT2D eigenvalue weighted by atomic mass is 10.1. The summed E-state index contributed by atoms with van der Waals surface area (Å²) in [5, 5.41) is 18.2. The van der Waals surface area contributed by atoms with E-state index in [0.29, 0.717) is 10.2 Å². The minimum absolute atomic E-state index is 0.170. The van der Waals surface area contributed by atoms with Crippen LogP contribution in [0.15, 0.2) is 59.2 Å². The van der Waals surface area contributed by atoms with Crippen LogP contribution in [0, 0.1) is 5.82 Å². The highest BCUT2D eigenvalue weighted by Gasteiger charge is 2.21. The predicted molar refractivity (Wildman–Crippen MR) is 79.5 cm³/mol. The quantitative estimate of drug-likeness (QED) is 0.791. The molecular weight excluding hydrogens is 337 g/mol. The highest BCUT2D eigenvalue weighted by atomic mass is 79.9. The molecular formula is C15H11BrFN3O. The molecule has 2 aromatic carbocycles. The number of halogens is 2. The number of benzene rings is 2. The molecule has 0 saturated heterocycles. The molecule has 106 valence electrons. The molecule has 0 fully saturated rings. The van der Waals surface area contributed by atoms with E-state index in [2.05, 4.69) is 26.2 Å². The van der Waals surface area contributed by atoms with Crippen molar-refractivity contribution >= 4 is 15.9 Å². The second kappa shape index (κ2) is 5.75. The fraction of sp³-hybridized carbons (Fsp3) is 0.0667. The van der Waals surface area contributed by atoms with E-state index in [1.807, 2.05) is 30.3 Å². The molecule has 0 aliphatic rings. The lowest BCUT2D eigenvalue weighted by Gasteiger charge is -2.14. The number of aliphatic hydroxyl groups excluding tert-OH is 1. The average Bonchev–Trinajstić information content (AvgIpc) is 3.00.